The van der Waals surface area contributed by atoms with E-state index in [9.17, 15) is 9.59 Å². The second-order valence-electron chi connectivity index (χ2n) is 12.6. The predicted octanol–water partition coefficient (Wildman–Crippen LogP) is 2.61. The lowest BCUT2D eigenvalue weighted by Crippen LogP contribution is -2.51. The minimum absolute atomic E-state index is 0.0577. The lowest BCUT2D eigenvalue weighted by molar-refractivity contribution is -0.133. The van der Waals surface area contributed by atoms with Crippen LogP contribution in [-0.2, 0) is 18.8 Å². The number of rotatable bonds is 7. The van der Waals surface area contributed by atoms with Crippen LogP contribution in [0.1, 0.15) is 68.7 Å². The van der Waals surface area contributed by atoms with E-state index >= 15 is 0 Å². The number of aromatic nitrogens is 2. The summed E-state index contributed by atoms with van der Waals surface area (Å²) < 4.78 is 17.5. The molecule has 206 valence electrons. The number of anilines is 1. The molecule has 2 saturated heterocycles. The van der Waals surface area contributed by atoms with E-state index in [0.29, 0.717) is 25.6 Å². The summed E-state index contributed by atoms with van der Waals surface area (Å²) in [5, 5.41) is 2.77. The monoisotopic (exact) mass is 517 g/mol. The molecule has 2 fully saturated rings. The first-order chi connectivity index (χ1) is 17.0. The van der Waals surface area contributed by atoms with Crippen LogP contribution in [0.15, 0.2) is 12.4 Å². The van der Waals surface area contributed by atoms with Crippen LogP contribution < -0.4 is 15.7 Å². The van der Waals surface area contributed by atoms with Gasteiger partial charge in [-0.2, -0.15) is 0 Å². The van der Waals surface area contributed by atoms with E-state index in [1.165, 1.54) is 0 Å². The first-order valence-corrected chi connectivity index (χ1v) is 13.2. The topological polar surface area (TPSA) is 106 Å². The van der Waals surface area contributed by atoms with Crippen molar-refractivity contribution < 1.29 is 23.6 Å². The third kappa shape index (κ3) is 7.13. The van der Waals surface area contributed by atoms with Gasteiger partial charge in [0.2, 0.25) is 11.9 Å². The van der Waals surface area contributed by atoms with Crippen molar-refractivity contribution >= 4 is 30.5 Å². The normalized spacial score (nSPS) is 21.8. The molecule has 1 N–H and O–H groups in total. The summed E-state index contributed by atoms with van der Waals surface area (Å²) in [6.07, 6.45) is 3.80. The largest absolute Gasteiger partial charge is 0.498 e. The van der Waals surface area contributed by atoms with Crippen molar-refractivity contribution in [1.82, 2.24) is 20.2 Å². The molecule has 0 saturated carbocycles. The molecule has 0 radical (unpaired) electrons. The van der Waals surface area contributed by atoms with Gasteiger partial charge in [0.15, 0.2) is 0 Å². The first kappa shape index (κ1) is 29.2. The van der Waals surface area contributed by atoms with Gasteiger partial charge in [0.1, 0.15) is 11.6 Å². The standard InChI is InChI=1S/C26H44BN5O5/c1-17(2)20(30-23(34)35-24(3,4)5)21(33)32-12-11-18(16-32)15-31(10)22-28-13-19(14-29-22)27-36-25(6,7)26(8,9)37-27/h13-14,17-18,20H,11-12,15-16H2,1-10H3,(H,30,34)/t18-,20+/m0/s1. The number of nitrogens with one attached hydrogen (secondary N) is 1. The van der Waals surface area contributed by atoms with Crippen LogP contribution in [0, 0.1) is 11.8 Å². The molecule has 0 aromatic carbocycles. The molecule has 0 spiro atoms. The van der Waals surface area contributed by atoms with Crippen LogP contribution in [0.2, 0.25) is 0 Å². The van der Waals surface area contributed by atoms with Gasteiger partial charge in [0, 0.05) is 44.5 Å². The van der Waals surface area contributed by atoms with Gasteiger partial charge in [0.05, 0.1) is 11.2 Å². The Bertz CT molecular complexity index is 947. The molecule has 0 unspecified atom stereocenters. The SMILES string of the molecule is CC(C)[C@@H](NC(=O)OC(C)(C)C)C(=O)N1CC[C@@H](CN(C)c2ncc(B3OC(C)(C)C(C)(C)O3)cn2)C1. The second kappa shape index (κ2) is 10.8. The maximum absolute atomic E-state index is 13.2. The Labute approximate surface area is 222 Å². The van der Waals surface area contributed by atoms with E-state index < -0.39 is 36.1 Å². The van der Waals surface area contributed by atoms with Crippen LogP contribution in [0.3, 0.4) is 0 Å². The smallest absolute Gasteiger partial charge is 0.444 e. The van der Waals surface area contributed by atoms with Crippen molar-refractivity contribution in [3.63, 3.8) is 0 Å². The lowest BCUT2D eigenvalue weighted by atomic mass is 9.81. The lowest BCUT2D eigenvalue weighted by Gasteiger charge is -2.32. The number of alkyl carbamates (subject to hydrolysis) is 1. The summed E-state index contributed by atoms with van der Waals surface area (Å²) in [6, 6.07) is -0.628. The molecule has 3 rings (SSSR count). The predicted molar refractivity (Wildman–Crippen MR) is 144 cm³/mol. The Hall–Kier alpha value is -2.40. The molecule has 2 aliphatic heterocycles. The summed E-state index contributed by atoms with van der Waals surface area (Å²) in [5.41, 5.74) is -0.681. The molecule has 2 atom stereocenters. The molecule has 37 heavy (non-hydrogen) atoms. The summed E-state index contributed by atoms with van der Waals surface area (Å²) in [4.78, 5) is 38.5. The fraction of sp³-hybridized carbons (Fsp3) is 0.769. The van der Waals surface area contributed by atoms with Gasteiger partial charge < -0.3 is 29.2 Å². The third-order valence-electron chi connectivity index (χ3n) is 7.26. The number of ether oxygens (including phenoxy) is 1. The second-order valence-corrected chi connectivity index (χ2v) is 12.6. The van der Waals surface area contributed by atoms with Gasteiger partial charge in [-0.25, -0.2) is 14.8 Å². The van der Waals surface area contributed by atoms with E-state index in [1.54, 1.807) is 33.2 Å². The van der Waals surface area contributed by atoms with E-state index in [0.717, 1.165) is 11.9 Å². The van der Waals surface area contributed by atoms with Gasteiger partial charge in [0.25, 0.3) is 0 Å². The van der Waals surface area contributed by atoms with Crippen molar-refractivity contribution in [2.75, 3.05) is 31.6 Å². The average Bonchev–Trinajstić information content (AvgIpc) is 3.31. The molecule has 0 aliphatic carbocycles. The summed E-state index contributed by atoms with van der Waals surface area (Å²) >= 11 is 0. The number of likely N-dealkylation sites (tertiary alicyclic amines) is 1. The summed E-state index contributed by atoms with van der Waals surface area (Å²) in [6.45, 7) is 19.3. The van der Waals surface area contributed by atoms with Crippen LogP contribution in [0.5, 0.6) is 0 Å². The van der Waals surface area contributed by atoms with E-state index in [1.807, 2.05) is 58.4 Å². The Morgan fingerprint density at radius 3 is 2.27 bits per heavy atom. The first-order valence-electron chi connectivity index (χ1n) is 13.2. The highest BCUT2D eigenvalue weighted by atomic mass is 16.7. The maximum Gasteiger partial charge on any atom is 0.498 e. The Morgan fingerprint density at radius 1 is 1.19 bits per heavy atom. The highest BCUT2D eigenvalue weighted by Crippen LogP contribution is 2.36. The van der Waals surface area contributed by atoms with Crippen LogP contribution in [0.4, 0.5) is 10.7 Å². The highest BCUT2D eigenvalue weighted by molar-refractivity contribution is 6.61. The summed E-state index contributed by atoms with van der Waals surface area (Å²) in [7, 11) is 1.46. The molecule has 11 heteroatoms. The number of hydrogen-bond donors (Lipinski definition) is 1. The van der Waals surface area contributed by atoms with Crippen LogP contribution in [-0.4, -0.2) is 83.5 Å². The minimum atomic E-state index is -0.628. The average molecular weight is 517 g/mol. The number of hydrogen-bond acceptors (Lipinski definition) is 8. The van der Waals surface area contributed by atoms with Gasteiger partial charge in [-0.15, -0.1) is 0 Å². The Morgan fingerprint density at radius 2 is 1.76 bits per heavy atom. The van der Waals surface area contributed by atoms with Crippen molar-refractivity contribution in [3.05, 3.63) is 12.4 Å². The van der Waals surface area contributed by atoms with E-state index in [4.69, 9.17) is 14.0 Å². The van der Waals surface area contributed by atoms with Gasteiger partial charge in [-0.3, -0.25) is 4.79 Å². The highest BCUT2D eigenvalue weighted by Gasteiger charge is 2.52. The van der Waals surface area contributed by atoms with Gasteiger partial charge in [-0.05, 0) is 66.7 Å². The zero-order valence-corrected chi connectivity index (χ0v) is 24.1. The number of carbonyl (C=O) groups excluding carboxylic acids is 2. The van der Waals surface area contributed by atoms with Gasteiger partial charge in [-0.1, -0.05) is 13.8 Å². The molecule has 3 heterocycles. The van der Waals surface area contributed by atoms with Crippen LogP contribution >= 0.6 is 0 Å². The van der Waals surface area contributed by atoms with Crippen molar-refractivity contribution in [2.24, 2.45) is 11.8 Å². The molecular formula is C26H44BN5O5. The minimum Gasteiger partial charge on any atom is -0.444 e. The fourth-order valence-corrected chi connectivity index (χ4v) is 4.42. The molecule has 1 aromatic rings. The number of amides is 2. The molecule has 1 aromatic heterocycles. The van der Waals surface area contributed by atoms with Gasteiger partial charge >= 0.3 is 13.2 Å². The zero-order chi connectivity index (χ0) is 27.8. The third-order valence-corrected chi connectivity index (χ3v) is 7.26. The van der Waals surface area contributed by atoms with E-state index in [-0.39, 0.29) is 17.7 Å². The Balaban J connectivity index is 1.55. The molecule has 10 nitrogen and oxygen atoms in total. The van der Waals surface area contributed by atoms with Crippen molar-refractivity contribution in [2.45, 2.75) is 91.6 Å². The quantitative estimate of drug-likeness (QED) is 0.551. The maximum atomic E-state index is 13.2. The van der Waals surface area contributed by atoms with E-state index in [2.05, 4.69) is 15.3 Å². The molecular weight excluding hydrogens is 473 g/mol. The Kier molecular flexibility index (Phi) is 8.49. The summed E-state index contributed by atoms with van der Waals surface area (Å²) in [5.74, 6) is 0.748. The van der Waals surface area contributed by atoms with Crippen molar-refractivity contribution in [1.29, 1.82) is 0 Å². The number of nitrogens with zero attached hydrogens (tertiary/aromatic N) is 4. The molecule has 2 amide bonds. The van der Waals surface area contributed by atoms with Crippen LogP contribution in [0.25, 0.3) is 0 Å². The fourth-order valence-electron chi connectivity index (χ4n) is 4.42. The molecule has 0 bridgehead atoms. The zero-order valence-electron chi connectivity index (χ0n) is 24.1. The van der Waals surface area contributed by atoms with Crippen molar-refractivity contribution in [3.8, 4) is 0 Å². The molecule has 2 aliphatic rings. The number of carbonyl (C=O) groups is 2.